The molecule has 0 aliphatic rings. The Labute approximate surface area is 144 Å². The van der Waals surface area contributed by atoms with Crippen LogP contribution in [0.4, 0.5) is 0 Å². The highest BCUT2D eigenvalue weighted by atomic mass is 35.5. The van der Waals surface area contributed by atoms with Gasteiger partial charge in [-0.3, -0.25) is 9.78 Å². The van der Waals surface area contributed by atoms with E-state index in [1.165, 1.54) is 0 Å². The van der Waals surface area contributed by atoms with E-state index in [-0.39, 0.29) is 5.91 Å². The number of thiophene rings is 1. The third-order valence-corrected chi connectivity index (χ3v) is 4.36. The number of halogens is 1. The monoisotopic (exact) mass is 342 g/mol. The van der Waals surface area contributed by atoms with Crippen LogP contribution < -0.4 is 0 Å². The lowest BCUT2D eigenvalue weighted by atomic mass is 10.1. The number of carbonyl (C=O) groups is 1. The molecule has 0 aliphatic heterocycles. The molecule has 3 nitrogen and oxygen atoms in total. The van der Waals surface area contributed by atoms with Crippen LogP contribution in [0.15, 0.2) is 65.5 Å². The van der Waals surface area contributed by atoms with Crippen molar-refractivity contribution in [2.75, 3.05) is 0 Å². The van der Waals surface area contributed by atoms with Crippen molar-refractivity contribution >= 4 is 28.8 Å². The minimum Gasteiger partial charge on any atom is -0.328 e. The molecule has 0 N–H and O–H groups in total. The van der Waals surface area contributed by atoms with Gasteiger partial charge in [0.25, 0.3) is 5.91 Å². The summed E-state index contributed by atoms with van der Waals surface area (Å²) in [6, 6.07) is 14.8. The SMILES string of the molecule is O=C(c1cccc(Cl)c1)N(Cc1ccsc1)Cc1ccccn1. The van der Waals surface area contributed by atoms with Crippen LogP contribution in [0.5, 0.6) is 0 Å². The normalized spacial score (nSPS) is 10.5. The van der Waals surface area contributed by atoms with Crippen LogP contribution >= 0.6 is 22.9 Å². The molecule has 0 aliphatic carbocycles. The van der Waals surface area contributed by atoms with E-state index in [2.05, 4.69) is 10.4 Å². The van der Waals surface area contributed by atoms with Gasteiger partial charge in [0.15, 0.2) is 0 Å². The smallest absolute Gasteiger partial charge is 0.254 e. The fourth-order valence-corrected chi connectivity index (χ4v) is 3.14. The molecule has 3 aromatic rings. The summed E-state index contributed by atoms with van der Waals surface area (Å²) in [6.07, 6.45) is 1.74. The van der Waals surface area contributed by atoms with Crippen molar-refractivity contribution in [3.05, 3.63) is 87.3 Å². The molecule has 0 spiro atoms. The van der Waals surface area contributed by atoms with Crippen molar-refractivity contribution in [2.45, 2.75) is 13.1 Å². The van der Waals surface area contributed by atoms with Gasteiger partial charge < -0.3 is 4.90 Å². The van der Waals surface area contributed by atoms with Gasteiger partial charge in [0.1, 0.15) is 0 Å². The average molecular weight is 343 g/mol. The lowest BCUT2D eigenvalue weighted by molar-refractivity contribution is 0.0728. The Morgan fingerprint density at radius 3 is 2.74 bits per heavy atom. The first-order valence-corrected chi connectivity index (χ1v) is 8.50. The van der Waals surface area contributed by atoms with E-state index in [4.69, 9.17) is 11.6 Å². The van der Waals surface area contributed by atoms with E-state index < -0.39 is 0 Å². The molecule has 0 saturated heterocycles. The largest absolute Gasteiger partial charge is 0.328 e. The topological polar surface area (TPSA) is 33.2 Å². The lowest BCUT2D eigenvalue weighted by Gasteiger charge is -2.22. The molecule has 0 bridgehead atoms. The molecule has 2 heterocycles. The number of pyridine rings is 1. The van der Waals surface area contributed by atoms with Crippen LogP contribution in [0.1, 0.15) is 21.6 Å². The van der Waals surface area contributed by atoms with Gasteiger partial charge >= 0.3 is 0 Å². The summed E-state index contributed by atoms with van der Waals surface area (Å²) < 4.78 is 0. The summed E-state index contributed by atoms with van der Waals surface area (Å²) in [5.74, 6) is -0.0515. The Morgan fingerprint density at radius 2 is 2.04 bits per heavy atom. The van der Waals surface area contributed by atoms with E-state index >= 15 is 0 Å². The minimum absolute atomic E-state index is 0.0515. The molecule has 1 amide bonds. The Bertz CT molecular complexity index is 775. The second kappa shape index (κ2) is 7.40. The summed E-state index contributed by atoms with van der Waals surface area (Å²) in [5.41, 5.74) is 2.56. The Kier molecular flexibility index (Phi) is 5.05. The molecule has 116 valence electrons. The highest BCUT2D eigenvalue weighted by Crippen LogP contribution is 2.17. The predicted molar refractivity (Wildman–Crippen MR) is 93.6 cm³/mol. The van der Waals surface area contributed by atoms with Crippen molar-refractivity contribution in [1.29, 1.82) is 0 Å². The van der Waals surface area contributed by atoms with E-state index in [0.717, 1.165) is 11.3 Å². The maximum Gasteiger partial charge on any atom is 0.254 e. The zero-order valence-corrected chi connectivity index (χ0v) is 13.9. The number of aromatic nitrogens is 1. The van der Waals surface area contributed by atoms with Crippen molar-refractivity contribution < 1.29 is 4.79 Å². The second-order valence-corrected chi connectivity index (χ2v) is 6.34. The number of hydrogen-bond donors (Lipinski definition) is 0. The lowest BCUT2D eigenvalue weighted by Crippen LogP contribution is -2.30. The highest BCUT2D eigenvalue weighted by molar-refractivity contribution is 7.07. The predicted octanol–water partition coefficient (Wildman–Crippen LogP) is 4.64. The van der Waals surface area contributed by atoms with Crippen LogP contribution in [-0.2, 0) is 13.1 Å². The van der Waals surface area contributed by atoms with Gasteiger partial charge in [0.05, 0.1) is 12.2 Å². The van der Waals surface area contributed by atoms with Gasteiger partial charge in [0, 0.05) is 23.3 Å². The summed E-state index contributed by atoms with van der Waals surface area (Å²) >= 11 is 7.64. The highest BCUT2D eigenvalue weighted by Gasteiger charge is 2.17. The van der Waals surface area contributed by atoms with E-state index in [0.29, 0.717) is 23.7 Å². The zero-order valence-electron chi connectivity index (χ0n) is 12.4. The Morgan fingerprint density at radius 1 is 1.13 bits per heavy atom. The molecule has 3 rings (SSSR count). The van der Waals surface area contributed by atoms with Gasteiger partial charge in [-0.2, -0.15) is 11.3 Å². The van der Waals surface area contributed by atoms with Crippen LogP contribution in [0.25, 0.3) is 0 Å². The maximum atomic E-state index is 12.9. The zero-order chi connectivity index (χ0) is 16.1. The first-order valence-electron chi connectivity index (χ1n) is 7.18. The molecule has 0 fully saturated rings. The van der Waals surface area contributed by atoms with Gasteiger partial charge in [-0.05, 0) is 52.7 Å². The van der Waals surface area contributed by atoms with E-state index in [1.54, 1.807) is 46.7 Å². The second-order valence-electron chi connectivity index (χ2n) is 5.12. The molecule has 0 radical (unpaired) electrons. The summed E-state index contributed by atoms with van der Waals surface area (Å²) in [5, 5.41) is 4.62. The first kappa shape index (κ1) is 15.7. The van der Waals surface area contributed by atoms with Crippen LogP contribution in [-0.4, -0.2) is 15.8 Å². The minimum atomic E-state index is -0.0515. The van der Waals surface area contributed by atoms with Crippen molar-refractivity contribution in [1.82, 2.24) is 9.88 Å². The standard InChI is InChI=1S/C18H15ClN2OS/c19-16-5-3-4-15(10-16)18(22)21(11-14-7-9-23-13-14)12-17-6-1-2-8-20-17/h1-10,13H,11-12H2. The fraction of sp³-hybridized carbons (Fsp3) is 0.111. The summed E-state index contributed by atoms with van der Waals surface area (Å²) in [7, 11) is 0. The molecule has 0 atom stereocenters. The quantitative estimate of drug-likeness (QED) is 0.676. The number of carbonyl (C=O) groups excluding carboxylic acids is 1. The molecular formula is C18H15ClN2OS. The number of hydrogen-bond acceptors (Lipinski definition) is 3. The average Bonchev–Trinajstić information content (AvgIpc) is 3.08. The van der Waals surface area contributed by atoms with Gasteiger partial charge in [-0.25, -0.2) is 0 Å². The third kappa shape index (κ3) is 4.18. The fourth-order valence-electron chi connectivity index (χ4n) is 2.29. The molecular weight excluding hydrogens is 328 g/mol. The van der Waals surface area contributed by atoms with Crippen LogP contribution in [0.3, 0.4) is 0 Å². The van der Waals surface area contributed by atoms with Gasteiger partial charge in [-0.15, -0.1) is 0 Å². The molecule has 5 heteroatoms. The van der Waals surface area contributed by atoms with Gasteiger partial charge in [-0.1, -0.05) is 23.7 Å². The van der Waals surface area contributed by atoms with Crippen molar-refractivity contribution in [2.24, 2.45) is 0 Å². The summed E-state index contributed by atoms with van der Waals surface area (Å²) in [4.78, 5) is 19.0. The molecule has 1 aromatic carbocycles. The van der Waals surface area contributed by atoms with E-state index in [1.807, 2.05) is 29.6 Å². The Balaban J connectivity index is 1.86. The third-order valence-electron chi connectivity index (χ3n) is 3.39. The number of benzene rings is 1. The van der Waals surface area contributed by atoms with Crippen molar-refractivity contribution in [3.8, 4) is 0 Å². The molecule has 2 aromatic heterocycles. The molecule has 0 saturated carbocycles. The van der Waals surface area contributed by atoms with Crippen LogP contribution in [0, 0.1) is 0 Å². The van der Waals surface area contributed by atoms with Gasteiger partial charge in [0.2, 0.25) is 0 Å². The summed E-state index contributed by atoms with van der Waals surface area (Å²) in [6.45, 7) is 1.01. The number of nitrogens with zero attached hydrogens (tertiary/aromatic N) is 2. The van der Waals surface area contributed by atoms with Crippen molar-refractivity contribution in [3.63, 3.8) is 0 Å². The Hall–Kier alpha value is -2.17. The first-order chi connectivity index (χ1) is 11.2. The van der Waals surface area contributed by atoms with E-state index in [9.17, 15) is 4.79 Å². The molecule has 0 unspecified atom stereocenters. The number of rotatable bonds is 5. The van der Waals surface area contributed by atoms with Crippen LogP contribution in [0.2, 0.25) is 5.02 Å². The number of amides is 1. The maximum absolute atomic E-state index is 12.9. The molecule has 23 heavy (non-hydrogen) atoms.